The molecular weight excluding hydrogens is 456 g/mol. The maximum Gasteiger partial charge on any atom is 0.263 e. The molecule has 7 nitrogen and oxygen atoms in total. The normalized spacial score (nSPS) is 18.5. The average molecular weight is 479 g/mol. The van der Waals surface area contributed by atoms with Gasteiger partial charge in [-0.3, -0.25) is 9.52 Å². The first-order chi connectivity index (χ1) is 14.9. The van der Waals surface area contributed by atoms with Crippen LogP contribution in [0, 0.1) is 0 Å². The number of thiazole rings is 1. The van der Waals surface area contributed by atoms with Gasteiger partial charge in [0.2, 0.25) is 5.91 Å². The van der Waals surface area contributed by atoms with Crippen LogP contribution in [0.15, 0.2) is 58.9 Å². The zero-order valence-corrected chi connectivity index (χ0v) is 18.8. The summed E-state index contributed by atoms with van der Waals surface area (Å²) in [6.07, 6.45) is 3.12. The molecule has 1 N–H and O–H groups in total. The van der Waals surface area contributed by atoms with Gasteiger partial charge in [-0.2, -0.15) is 0 Å². The average Bonchev–Trinajstić information content (AvgIpc) is 3.48. The summed E-state index contributed by atoms with van der Waals surface area (Å²) >= 11 is 7.31. The van der Waals surface area contributed by atoms with Crippen molar-refractivity contribution in [2.24, 2.45) is 0 Å². The molecule has 2 aromatic carbocycles. The van der Waals surface area contributed by atoms with E-state index in [1.165, 1.54) is 35.2 Å². The molecule has 2 aliphatic heterocycles. The number of nitrogens with one attached hydrogen (secondary N) is 1. The van der Waals surface area contributed by atoms with Crippen LogP contribution in [0.5, 0.6) is 0 Å². The summed E-state index contributed by atoms with van der Waals surface area (Å²) in [6, 6.07) is 12.0. The van der Waals surface area contributed by atoms with Crippen LogP contribution in [-0.2, 0) is 21.2 Å². The molecule has 3 aromatic rings. The minimum absolute atomic E-state index is 0. The van der Waals surface area contributed by atoms with Crippen molar-refractivity contribution in [3.8, 4) is 0 Å². The van der Waals surface area contributed by atoms with Gasteiger partial charge in [-0.05, 0) is 60.9 Å². The molecule has 164 valence electrons. The maximum atomic E-state index is 13.2. The number of anilines is 3. The molecule has 5 rings (SSSR count). The number of amides is 1. The fourth-order valence-electron chi connectivity index (χ4n) is 4.18. The van der Waals surface area contributed by atoms with Crippen LogP contribution in [0.1, 0.15) is 14.8 Å². The summed E-state index contributed by atoms with van der Waals surface area (Å²) in [6.45, 7) is 1.38. The number of halogens is 1. The molecule has 1 atom stereocenters. The van der Waals surface area contributed by atoms with Gasteiger partial charge in [0.15, 0.2) is 5.13 Å². The molecular formula is C21H23ClN4O3S2. The molecule has 3 heterocycles. The SMILES string of the molecule is O=C1[C@@H](N2CCc3cc(Cl)ccc32)CCN1c1ccc(S(=O)(=O)Nc2nccs2)cc1.[HH].[HH]. The lowest BCUT2D eigenvalue weighted by atomic mass is 10.1. The van der Waals surface area contributed by atoms with E-state index in [1.54, 1.807) is 22.4 Å². The Balaban J connectivity index is 0.00000153. The largest absolute Gasteiger partial charge is 0.359 e. The molecule has 0 spiro atoms. The first-order valence-corrected chi connectivity index (χ1v) is 12.6. The van der Waals surface area contributed by atoms with E-state index >= 15 is 0 Å². The van der Waals surface area contributed by atoms with Gasteiger partial charge in [-0.1, -0.05) is 11.6 Å². The monoisotopic (exact) mass is 478 g/mol. The molecule has 1 fully saturated rings. The van der Waals surface area contributed by atoms with Crippen LogP contribution >= 0.6 is 22.9 Å². The third-order valence-electron chi connectivity index (χ3n) is 5.64. The lowest BCUT2D eigenvalue weighted by molar-refractivity contribution is -0.118. The van der Waals surface area contributed by atoms with E-state index in [0.29, 0.717) is 28.8 Å². The Morgan fingerprint density at radius 1 is 1.16 bits per heavy atom. The summed E-state index contributed by atoms with van der Waals surface area (Å²) in [5.74, 6) is 0.0271. The Hall–Kier alpha value is -2.62. The van der Waals surface area contributed by atoms with Gasteiger partial charge < -0.3 is 9.80 Å². The quantitative estimate of drug-likeness (QED) is 0.592. The molecule has 31 heavy (non-hydrogen) atoms. The van der Waals surface area contributed by atoms with Crippen LogP contribution in [0.25, 0.3) is 0 Å². The van der Waals surface area contributed by atoms with Crippen molar-refractivity contribution >= 4 is 55.4 Å². The lowest BCUT2D eigenvalue weighted by Crippen LogP contribution is -2.41. The number of rotatable bonds is 5. The Bertz CT molecular complexity index is 1240. The van der Waals surface area contributed by atoms with Gasteiger partial charge in [0, 0.05) is 43.9 Å². The molecule has 0 radical (unpaired) electrons. The highest BCUT2D eigenvalue weighted by molar-refractivity contribution is 7.93. The highest BCUT2D eigenvalue weighted by Crippen LogP contribution is 2.35. The van der Waals surface area contributed by atoms with Crippen molar-refractivity contribution in [1.82, 2.24) is 4.98 Å². The van der Waals surface area contributed by atoms with Crippen molar-refractivity contribution in [3.05, 3.63) is 64.6 Å². The summed E-state index contributed by atoms with van der Waals surface area (Å²) in [4.78, 5) is 21.1. The van der Waals surface area contributed by atoms with Gasteiger partial charge >= 0.3 is 0 Å². The number of sulfonamides is 1. The number of benzene rings is 2. The van der Waals surface area contributed by atoms with Crippen molar-refractivity contribution in [3.63, 3.8) is 0 Å². The van der Waals surface area contributed by atoms with E-state index in [2.05, 4.69) is 14.6 Å². The molecule has 2 aliphatic rings. The smallest absolute Gasteiger partial charge is 0.263 e. The predicted molar refractivity (Wildman–Crippen MR) is 127 cm³/mol. The molecule has 1 saturated heterocycles. The number of aromatic nitrogens is 1. The second-order valence-electron chi connectivity index (χ2n) is 7.45. The molecule has 1 aromatic heterocycles. The first-order valence-electron chi connectivity index (χ1n) is 9.81. The lowest BCUT2D eigenvalue weighted by Gasteiger charge is -2.26. The first kappa shape index (κ1) is 20.3. The van der Waals surface area contributed by atoms with E-state index in [1.807, 2.05) is 18.2 Å². The molecule has 0 aliphatic carbocycles. The second kappa shape index (κ2) is 7.81. The van der Waals surface area contributed by atoms with Gasteiger partial charge in [0.05, 0.1) is 4.90 Å². The topological polar surface area (TPSA) is 82.6 Å². The van der Waals surface area contributed by atoms with Crippen LogP contribution < -0.4 is 14.5 Å². The summed E-state index contributed by atoms with van der Waals surface area (Å²) < 4.78 is 27.5. The highest BCUT2D eigenvalue weighted by atomic mass is 35.5. The van der Waals surface area contributed by atoms with Crippen LogP contribution in [0.4, 0.5) is 16.5 Å². The van der Waals surface area contributed by atoms with E-state index in [0.717, 1.165) is 18.7 Å². The van der Waals surface area contributed by atoms with Crippen molar-refractivity contribution in [2.75, 3.05) is 27.6 Å². The zero-order chi connectivity index (χ0) is 21.6. The zero-order valence-electron chi connectivity index (χ0n) is 16.4. The number of fused-ring (bicyclic) bond motifs is 1. The third kappa shape index (κ3) is 3.77. The molecule has 0 saturated carbocycles. The maximum absolute atomic E-state index is 13.2. The summed E-state index contributed by atoms with van der Waals surface area (Å²) in [5, 5.41) is 2.72. The Morgan fingerprint density at radius 3 is 2.71 bits per heavy atom. The van der Waals surface area contributed by atoms with Crippen LogP contribution in [0.2, 0.25) is 5.02 Å². The number of hydrogen-bond acceptors (Lipinski definition) is 6. The summed E-state index contributed by atoms with van der Waals surface area (Å²) in [7, 11) is -3.72. The predicted octanol–water partition coefficient (Wildman–Crippen LogP) is 4.26. The number of hydrogen-bond donors (Lipinski definition) is 1. The van der Waals surface area contributed by atoms with Crippen LogP contribution in [-0.4, -0.2) is 38.4 Å². The minimum Gasteiger partial charge on any atom is -0.359 e. The standard InChI is InChI=1S/C21H19ClN4O3S2.2H2/c22-15-1-6-18-14(13-15)7-10-26(18)19-8-11-25(20(19)27)16-2-4-17(5-3-16)31(28,29)24-21-23-9-12-30-21;;/h1-6,9,12-13,19H,7-8,10-11H2,(H,23,24);2*1H/t19-;;/m0../s1. The molecule has 1 amide bonds. The van der Waals surface area contributed by atoms with Gasteiger partial charge in [-0.15, -0.1) is 11.3 Å². The van der Waals surface area contributed by atoms with E-state index < -0.39 is 10.0 Å². The Labute approximate surface area is 192 Å². The van der Waals surface area contributed by atoms with Crippen LogP contribution in [0.3, 0.4) is 0 Å². The van der Waals surface area contributed by atoms with E-state index in [-0.39, 0.29) is 19.7 Å². The minimum atomic E-state index is -3.72. The highest BCUT2D eigenvalue weighted by Gasteiger charge is 2.39. The van der Waals surface area contributed by atoms with Gasteiger partial charge in [0.1, 0.15) is 6.04 Å². The Morgan fingerprint density at radius 2 is 1.97 bits per heavy atom. The van der Waals surface area contributed by atoms with Gasteiger partial charge in [-0.25, -0.2) is 13.4 Å². The van der Waals surface area contributed by atoms with E-state index in [9.17, 15) is 13.2 Å². The third-order valence-corrected chi connectivity index (χ3v) is 8.05. The number of carbonyl (C=O) groups excluding carboxylic acids is 1. The van der Waals surface area contributed by atoms with Crippen molar-refractivity contribution in [1.29, 1.82) is 0 Å². The molecule has 10 heteroatoms. The molecule has 0 unspecified atom stereocenters. The van der Waals surface area contributed by atoms with Crippen molar-refractivity contribution < 1.29 is 16.1 Å². The second-order valence-corrected chi connectivity index (χ2v) is 10.5. The fraction of sp³-hybridized carbons (Fsp3) is 0.238. The summed E-state index contributed by atoms with van der Waals surface area (Å²) in [5.41, 5.74) is 2.93. The van der Waals surface area contributed by atoms with Gasteiger partial charge in [0.25, 0.3) is 10.0 Å². The number of carbonyl (C=O) groups is 1. The molecule has 0 bridgehead atoms. The number of nitrogens with zero attached hydrogens (tertiary/aromatic N) is 3. The van der Waals surface area contributed by atoms with Crippen molar-refractivity contribution in [2.45, 2.75) is 23.8 Å². The Kier molecular flexibility index (Phi) is 5.11. The van der Waals surface area contributed by atoms with E-state index in [4.69, 9.17) is 11.6 Å². The fourth-order valence-corrected chi connectivity index (χ4v) is 6.17.